The Kier molecular flexibility index (Phi) is 23.8. The molecule has 1 nitrogen and oxygen atoms in total. The van der Waals surface area contributed by atoms with E-state index in [-0.39, 0.29) is 51.4 Å². The zero-order valence-electron chi connectivity index (χ0n) is 18.5. The van der Waals surface area contributed by atoms with Crippen LogP contribution >= 0.6 is 0 Å². The molecule has 0 spiro atoms. The smallest absolute Gasteiger partial charge is 0.0319 e. The quantitative estimate of drug-likeness (QED) is 0.533. The molecule has 174 valence electrons. The minimum absolute atomic E-state index is 0. The largest absolute Gasteiger partial charge is 0.400 e. The van der Waals surface area contributed by atoms with E-state index >= 15 is 0 Å². The molecule has 1 rings (SSSR count). The normalized spacial score (nSPS) is 10.8. The molecular weight excluding hydrogens is 340 g/mol. The molecule has 0 saturated heterocycles. The van der Waals surface area contributed by atoms with Gasteiger partial charge in [-0.25, -0.2) is 0 Å². The minimum Gasteiger partial charge on any atom is -0.400 e. The first kappa shape index (κ1) is 41.5. The molecule has 0 amide bonds. The highest BCUT2D eigenvalue weighted by molar-refractivity contribution is 5.18. The summed E-state index contributed by atoms with van der Waals surface area (Å²) in [5.74, 6) is 0. The fourth-order valence-corrected chi connectivity index (χ4v) is 3.11. The van der Waals surface area contributed by atoms with Gasteiger partial charge in [-0.3, -0.25) is 0 Å². The maximum absolute atomic E-state index is 7.00. The van der Waals surface area contributed by atoms with Gasteiger partial charge in [0.25, 0.3) is 0 Å². The number of rotatable bonds is 4. The van der Waals surface area contributed by atoms with Crippen molar-refractivity contribution in [3.05, 3.63) is 35.9 Å². The highest BCUT2D eigenvalue weighted by Crippen LogP contribution is 2.59. The van der Waals surface area contributed by atoms with Gasteiger partial charge in [0.1, 0.15) is 0 Å². The number of aliphatic hydroxyl groups excluding tert-OH is 1. The zero-order valence-corrected chi connectivity index (χ0v) is 18.5. The molecule has 0 bridgehead atoms. The molecule has 0 unspecified atom stereocenters. The Balaban J connectivity index is -0.000000142. The molecule has 0 atom stereocenters. The summed E-state index contributed by atoms with van der Waals surface area (Å²) in [4.78, 5) is 0. The van der Waals surface area contributed by atoms with Crippen LogP contribution in [-0.4, -0.2) is 12.2 Å². The zero-order chi connectivity index (χ0) is 19.8. The lowest BCUT2D eigenvalue weighted by Crippen LogP contribution is -2.51. The highest BCUT2D eigenvalue weighted by Gasteiger charge is 2.52. The topological polar surface area (TPSA) is 20.2 Å². The van der Waals surface area contributed by atoms with E-state index in [1.54, 1.807) is 0 Å². The maximum atomic E-state index is 7.00. The Morgan fingerprint density at radius 2 is 0.929 bits per heavy atom. The van der Waals surface area contributed by atoms with Crippen molar-refractivity contribution in [3.8, 4) is 0 Å². The van der Waals surface area contributed by atoms with Crippen molar-refractivity contribution >= 4 is 0 Å². The van der Waals surface area contributed by atoms with Crippen LogP contribution in [0.5, 0.6) is 0 Å². The van der Waals surface area contributed by atoms with Crippen LogP contribution in [0.1, 0.15) is 111 Å². The van der Waals surface area contributed by atoms with E-state index in [1.165, 1.54) is 5.56 Å². The maximum Gasteiger partial charge on any atom is 0.0319 e. The summed E-state index contributed by atoms with van der Waals surface area (Å²) in [7, 11) is 1.00. The third-order valence-electron chi connectivity index (χ3n) is 6.62. The molecule has 0 saturated carbocycles. The monoisotopic (exact) mass is 400 g/mol. The molecule has 0 aromatic heterocycles. The number of aliphatic hydroxyl groups is 1. The summed E-state index contributed by atoms with van der Waals surface area (Å²) in [6.07, 6.45) is 1.13. The summed E-state index contributed by atoms with van der Waals surface area (Å²) in [5, 5.41) is 7.00. The predicted octanol–water partition coefficient (Wildman–Crippen LogP) is 9.53. The van der Waals surface area contributed by atoms with E-state index in [9.17, 15) is 0 Å². The van der Waals surface area contributed by atoms with Gasteiger partial charge in [0.05, 0.1) is 0 Å². The van der Waals surface area contributed by atoms with Gasteiger partial charge >= 0.3 is 0 Å². The lowest BCUT2D eigenvalue weighted by atomic mass is 9.47. The Morgan fingerprint density at radius 3 is 1.21 bits per heavy atom. The van der Waals surface area contributed by atoms with Gasteiger partial charge < -0.3 is 5.11 Å². The molecule has 1 aromatic carbocycles. The van der Waals surface area contributed by atoms with Crippen molar-refractivity contribution in [2.45, 2.75) is 112 Å². The second-order valence-electron chi connectivity index (χ2n) is 9.05. The number of benzene rings is 1. The van der Waals surface area contributed by atoms with Crippen LogP contribution in [-0.2, 0) is 6.42 Å². The summed E-state index contributed by atoms with van der Waals surface area (Å²) >= 11 is 0. The summed E-state index contributed by atoms with van der Waals surface area (Å²) in [6.45, 7) is 25.7. The van der Waals surface area contributed by atoms with E-state index in [0.717, 1.165) is 13.5 Å². The molecule has 0 aliphatic heterocycles. The fraction of sp³-hybridized carbons (Fsp3) is 0.778. The van der Waals surface area contributed by atoms with Gasteiger partial charge in [-0.15, -0.1) is 0 Å². The van der Waals surface area contributed by atoms with Crippen molar-refractivity contribution in [2.24, 2.45) is 21.7 Å². The Labute approximate surface area is 182 Å². The molecule has 1 aromatic rings. The van der Waals surface area contributed by atoms with Crippen LogP contribution in [0.15, 0.2) is 30.3 Å². The fourth-order valence-electron chi connectivity index (χ4n) is 3.11. The highest BCUT2D eigenvalue weighted by atomic mass is 16.2. The third-order valence-corrected chi connectivity index (χ3v) is 6.62. The van der Waals surface area contributed by atoms with Gasteiger partial charge in [0, 0.05) is 7.11 Å². The van der Waals surface area contributed by atoms with Crippen LogP contribution in [0.4, 0.5) is 0 Å². The third kappa shape index (κ3) is 9.59. The average Bonchev–Trinajstić information content (AvgIpc) is 2.50. The molecule has 28 heavy (non-hydrogen) atoms. The molecule has 0 heterocycles. The van der Waals surface area contributed by atoms with Crippen LogP contribution < -0.4 is 0 Å². The minimum atomic E-state index is 0. The van der Waals surface area contributed by atoms with E-state index in [0.29, 0.717) is 0 Å². The van der Waals surface area contributed by atoms with Crippen LogP contribution in [0, 0.1) is 21.7 Å². The Morgan fingerprint density at radius 1 is 0.607 bits per heavy atom. The summed E-state index contributed by atoms with van der Waals surface area (Å²) in [5.41, 5.74) is 2.44. The molecular formula is C27H60O. The van der Waals surface area contributed by atoms with Gasteiger partial charge in [-0.2, -0.15) is 0 Å². The molecule has 1 heteroatoms. The lowest BCUT2D eigenvalue weighted by molar-refractivity contribution is -0.0866. The molecule has 0 aliphatic carbocycles. The van der Waals surface area contributed by atoms with Gasteiger partial charge in [0.15, 0.2) is 0 Å². The van der Waals surface area contributed by atoms with Gasteiger partial charge in [0.2, 0.25) is 0 Å². The predicted molar refractivity (Wildman–Crippen MR) is 137 cm³/mol. The SMILES string of the molecule is C.C.C.C.CC.CC(C)(C)C(C)(C)C(C)(C)C(C)(C)Cc1ccccc1.CO. The first-order chi connectivity index (χ1) is 10.8. The first-order valence-corrected chi connectivity index (χ1v) is 9.32. The van der Waals surface area contributed by atoms with Crippen molar-refractivity contribution < 1.29 is 5.11 Å². The van der Waals surface area contributed by atoms with Gasteiger partial charge in [-0.05, 0) is 33.6 Å². The first-order valence-electron chi connectivity index (χ1n) is 9.32. The number of hydrogen-bond donors (Lipinski definition) is 1. The van der Waals surface area contributed by atoms with Crippen molar-refractivity contribution in [3.63, 3.8) is 0 Å². The molecule has 0 radical (unpaired) electrons. The summed E-state index contributed by atoms with van der Waals surface area (Å²) in [6, 6.07) is 10.9. The molecule has 0 aliphatic rings. The lowest BCUT2D eigenvalue weighted by Gasteiger charge is -2.58. The summed E-state index contributed by atoms with van der Waals surface area (Å²) < 4.78 is 0. The van der Waals surface area contributed by atoms with E-state index < -0.39 is 0 Å². The van der Waals surface area contributed by atoms with E-state index in [1.807, 2.05) is 13.8 Å². The molecule has 0 fully saturated rings. The van der Waals surface area contributed by atoms with E-state index in [4.69, 9.17) is 5.11 Å². The van der Waals surface area contributed by atoms with Crippen LogP contribution in [0.25, 0.3) is 0 Å². The standard InChI is InChI=1S/C20H34.C2H6.CH4O.4CH4/c1-17(2,3)19(6,7)20(8,9)18(4,5)15-16-13-11-10-12-14-16;2*1-2;;;;/h10-14H,15H2,1-9H3;1-2H3;2H,1H3;4*1H4. The average molecular weight is 401 g/mol. The van der Waals surface area contributed by atoms with Crippen LogP contribution in [0.2, 0.25) is 0 Å². The van der Waals surface area contributed by atoms with E-state index in [2.05, 4.69) is 92.6 Å². The second-order valence-corrected chi connectivity index (χ2v) is 9.05. The Bertz CT molecular complexity index is 433. The Hall–Kier alpha value is -0.820. The second kappa shape index (κ2) is 16.0. The van der Waals surface area contributed by atoms with Crippen molar-refractivity contribution in [1.82, 2.24) is 0 Å². The van der Waals surface area contributed by atoms with Gasteiger partial charge in [-0.1, -0.05) is 136 Å². The van der Waals surface area contributed by atoms with Crippen molar-refractivity contribution in [2.75, 3.05) is 7.11 Å². The van der Waals surface area contributed by atoms with Crippen LogP contribution in [0.3, 0.4) is 0 Å². The van der Waals surface area contributed by atoms with Crippen molar-refractivity contribution in [1.29, 1.82) is 0 Å². The molecule has 1 N–H and O–H groups in total. The number of hydrogen-bond acceptors (Lipinski definition) is 1.